The summed E-state index contributed by atoms with van der Waals surface area (Å²) in [5.74, 6) is 0. The highest BCUT2D eigenvalue weighted by Crippen LogP contribution is 2.65. The zero-order valence-electron chi connectivity index (χ0n) is 45.3. The number of fused-ring (bicyclic) bond motifs is 10. The van der Waals surface area contributed by atoms with Gasteiger partial charge in [-0.05, 0) is 168 Å². The third-order valence-electron chi connectivity index (χ3n) is 20.1. The third-order valence-corrected chi connectivity index (χ3v) is 20.1. The predicted octanol–water partition coefficient (Wildman–Crippen LogP) is 16.3. The monoisotopic (exact) mass is 944 g/mol. The molecule has 0 radical (unpaired) electrons. The smallest absolute Gasteiger partial charge is 0.252 e. The van der Waals surface area contributed by atoms with Gasteiger partial charge in [-0.25, -0.2) is 0 Å². The number of benzene rings is 7. The first-order chi connectivity index (χ1) is 34.3. The van der Waals surface area contributed by atoms with Crippen molar-refractivity contribution in [2.45, 2.75) is 167 Å². The quantitative estimate of drug-likeness (QED) is 0.163. The van der Waals surface area contributed by atoms with Crippen molar-refractivity contribution >= 4 is 62.9 Å². The molecule has 7 aromatic carbocycles. The molecule has 0 spiro atoms. The van der Waals surface area contributed by atoms with Gasteiger partial charge in [0.1, 0.15) is 0 Å². The van der Waals surface area contributed by atoms with Crippen LogP contribution in [-0.2, 0) is 21.7 Å². The average Bonchev–Trinajstić information content (AvgIpc) is 3.71. The van der Waals surface area contributed by atoms with Crippen molar-refractivity contribution in [1.82, 2.24) is 0 Å². The molecular formula is C68H74BN3. The molecule has 3 nitrogen and oxygen atoms in total. The second-order valence-corrected chi connectivity index (χ2v) is 26.1. The highest BCUT2D eigenvalue weighted by Gasteiger charge is 2.63. The molecule has 2 saturated carbocycles. The Labute approximate surface area is 431 Å². The van der Waals surface area contributed by atoms with Gasteiger partial charge in [-0.2, -0.15) is 0 Å². The number of hydrogen-bond acceptors (Lipinski definition) is 3. The van der Waals surface area contributed by atoms with Gasteiger partial charge in [0.15, 0.2) is 0 Å². The molecule has 4 unspecified atom stereocenters. The molecule has 0 saturated heterocycles. The minimum absolute atomic E-state index is 0.00451. The van der Waals surface area contributed by atoms with Crippen LogP contribution < -0.4 is 31.1 Å². The van der Waals surface area contributed by atoms with E-state index < -0.39 is 0 Å². The molecule has 4 heteroatoms. The van der Waals surface area contributed by atoms with E-state index in [4.69, 9.17) is 0 Å². The van der Waals surface area contributed by atoms with E-state index in [9.17, 15) is 0 Å². The Morgan fingerprint density at radius 1 is 0.458 bits per heavy atom. The van der Waals surface area contributed by atoms with Crippen LogP contribution in [0.2, 0.25) is 0 Å². The van der Waals surface area contributed by atoms with E-state index >= 15 is 0 Å². The maximum absolute atomic E-state index is 2.98. The van der Waals surface area contributed by atoms with Crippen molar-refractivity contribution in [3.63, 3.8) is 0 Å². The highest BCUT2D eigenvalue weighted by atomic mass is 15.3. The van der Waals surface area contributed by atoms with Crippen LogP contribution in [0.4, 0.5) is 39.8 Å². The molecule has 2 aliphatic carbocycles. The molecule has 4 heterocycles. The van der Waals surface area contributed by atoms with E-state index in [0.717, 1.165) is 6.42 Å². The first kappa shape index (κ1) is 45.8. The van der Waals surface area contributed by atoms with Gasteiger partial charge in [-0.3, -0.25) is 0 Å². The average molecular weight is 944 g/mol. The largest absolute Gasteiger partial charge is 0.335 e. The van der Waals surface area contributed by atoms with Gasteiger partial charge in [0.05, 0.1) is 16.8 Å². The molecular weight excluding hydrogens is 870 g/mol. The molecule has 4 atom stereocenters. The van der Waals surface area contributed by atoms with Gasteiger partial charge in [0, 0.05) is 50.5 Å². The second kappa shape index (κ2) is 15.3. The summed E-state index contributed by atoms with van der Waals surface area (Å²) in [4.78, 5) is 8.59. The summed E-state index contributed by atoms with van der Waals surface area (Å²) in [6.07, 6.45) is 9.71. The molecule has 4 aliphatic heterocycles. The maximum Gasteiger partial charge on any atom is 0.252 e. The molecule has 6 aliphatic rings. The van der Waals surface area contributed by atoms with Gasteiger partial charge in [0.2, 0.25) is 0 Å². The Hall–Kier alpha value is -6.00. The molecule has 364 valence electrons. The number of rotatable bonds is 4. The summed E-state index contributed by atoms with van der Waals surface area (Å²) in [7, 11) is 0. The van der Waals surface area contributed by atoms with Crippen LogP contribution in [0.5, 0.6) is 0 Å². The van der Waals surface area contributed by atoms with Gasteiger partial charge < -0.3 is 14.7 Å². The predicted molar refractivity (Wildman–Crippen MR) is 309 cm³/mol. The van der Waals surface area contributed by atoms with Crippen LogP contribution in [-0.4, -0.2) is 17.8 Å². The molecule has 0 amide bonds. The van der Waals surface area contributed by atoms with Crippen molar-refractivity contribution in [3.05, 3.63) is 167 Å². The minimum Gasteiger partial charge on any atom is -0.335 e. The van der Waals surface area contributed by atoms with E-state index in [1.54, 1.807) is 5.56 Å². The Morgan fingerprint density at radius 3 is 1.69 bits per heavy atom. The molecule has 72 heavy (non-hydrogen) atoms. The molecule has 2 fully saturated rings. The summed E-state index contributed by atoms with van der Waals surface area (Å²) in [6, 6.07) is 52.7. The van der Waals surface area contributed by atoms with Crippen LogP contribution in [0, 0.1) is 13.8 Å². The lowest BCUT2D eigenvalue weighted by molar-refractivity contribution is 0.193. The summed E-state index contributed by atoms with van der Waals surface area (Å²) in [5, 5.41) is 0. The summed E-state index contributed by atoms with van der Waals surface area (Å²) in [6.45, 7) is 29.7. The summed E-state index contributed by atoms with van der Waals surface area (Å²) < 4.78 is 0. The van der Waals surface area contributed by atoms with Crippen molar-refractivity contribution in [3.8, 4) is 22.3 Å². The molecule has 13 rings (SSSR count). The van der Waals surface area contributed by atoms with Crippen LogP contribution in [0.25, 0.3) is 22.3 Å². The fraction of sp³-hybridized carbons (Fsp3) is 0.382. The standard InChI is InChI=1S/C68H74BN3/c1-43-37-44(2)60-62-59(43)66(10)34-20-22-36-68(66,12)72(62)58-42-50(71-55-30-27-47(45-23-15-13-16-24-45)38-52(55)65(9)33-19-21-35-67(65,71)11)41-57-61(58)69(60)53-40-49(64(6,7)8)29-32-56(53)70(57)54-31-28-48(63(3,4)5)39-51(54)46-25-17-14-18-26-46/h13-18,23-32,37-42H,19-22,33-36H2,1-12H3. The molecule has 0 N–H and O–H groups in total. The van der Waals surface area contributed by atoms with Crippen molar-refractivity contribution in [2.75, 3.05) is 14.7 Å². The summed E-state index contributed by atoms with van der Waals surface area (Å²) >= 11 is 0. The summed E-state index contributed by atoms with van der Waals surface area (Å²) in [5.41, 5.74) is 27.4. The normalized spacial score (nSPS) is 24.6. The van der Waals surface area contributed by atoms with Crippen molar-refractivity contribution in [1.29, 1.82) is 0 Å². The lowest BCUT2D eigenvalue weighted by Crippen LogP contribution is -2.65. The fourth-order valence-corrected chi connectivity index (χ4v) is 15.9. The van der Waals surface area contributed by atoms with E-state index in [1.807, 2.05) is 0 Å². The SMILES string of the molecule is Cc1cc(C)c2c3c1B1c4cc(C(C)(C)C)ccc4N(c4ccc(C(C)(C)C)cc4-c4ccccc4)c4cc(N5c6ccc(-c7ccccc7)cc6C6(C)CCCCC56C)cc(c41)N3C1(C)CCCCC21C. The van der Waals surface area contributed by atoms with E-state index in [1.165, 1.54) is 151 Å². The lowest BCUT2D eigenvalue weighted by Gasteiger charge is -2.54. The van der Waals surface area contributed by atoms with Crippen LogP contribution in [0.1, 0.15) is 154 Å². The van der Waals surface area contributed by atoms with Crippen LogP contribution >= 0.6 is 0 Å². The second-order valence-electron chi connectivity index (χ2n) is 26.1. The van der Waals surface area contributed by atoms with Gasteiger partial charge in [-0.1, -0.05) is 178 Å². The fourth-order valence-electron chi connectivity index (χ4n) is 15.9. The van der Waals surface area contributed by atoms with Gasteiger partial charge >= 0.3 is 0 Å². The van der Waals surface area contributed by atoms with Crippen LogP contribution in [0.15, 0.2) is 133 Å². The van der Waals surface area contributed by atoms with Crippen molar-refractivity contribution in [2.24, 2.45) is 0 Å². The number of anilines is 7. The maximum atomic E-state index is 2.98. The van der Waals surface area contributed by atoms with Gasteiger partial charge in [-0.15, -0.1) is 0 Å². The Balaban J connectivity index is 1.17. The Morgan fingerprint density at radius 2 is 1.03 bits per heavy atom. The molecule has 0 aromatic heterocycles. The Kier molecular flexibility index (Phi) is 9.73. The Bertz CT molecular complexity index is 3390. The molecule has 0 bridgehead atoms. The number of hydrogen-bond donors (Lipinski definition) is 0. The third kappa shape index (κ3) is 6.05. The van der Waals surface area contributed by atoms with E-state index in [-0.39, 0.29) is 39.5 Å². The van der Waals surface area contributed by atoms with E-state index in [2.05, 4.69) is 231 Å². The first-order valence-corrected chi connectivity index (χ1v) is 27.6. The molecule has 7 aromatic rings. The number of aryl methyl sites for hydroxylation is 2. The van der Waals surface area contributed by atoms with Crippen LogP contribution in [0.3, 0.4) is 0 Å². The van der Waals surface area contributed by atoms with Gasteiger partial charge in [0.25, 0.3) is 6.71 Å². The zero-order chi connectivity index (χ0) is 50.1. The van der Waals surface area contributed by atoms with Crippen molar-refractivity contribution < 1.29 is 0 Å². The lowest BCUT2D eigenvalue weighted by atomic mass is 9.32. The highest BCUT2D eigenvalue weighted by molar-refractivity contribution is 7.00. The first-order valence-electron chi connectivity index (χ1n) is 27.6. The van der Waals surface area contributed by atoms with E-state index in [0.29, 0.717) is 0 Å². The topological polar surface area (TPSA) is 9.72 Å². The minimum atomic E-state index is -0.134. The number of nitrogens with zero attached hydrogens (tertiary/aromatic N) is 3. The zero-order valence-corrected chi connectivity index (χ0v) is 45.3.